The average molecular weight is 279 g/mol. The van der Waals surface area contributed by atoms with Crippen LogP contribution in [0.15, 0.2) is 29.0 Å². The van der Waals surface area contributed by atoms with Gasteiger partial charge in [0.2, 0.25) is 0 Å². The molecule has 1 heterocycles. The summed E-state index contributed by atoms with van der Waals surface area (Å²) in [6, 6.07) is 5.50. The van der Waals surface area contributed by atoms with Crippen LogP contribution in [0.5, 0.6) is 0 Å². The van der Waals surface area contributed by atoms with E-state index in [0.717, 1.165) is 27.8 Å². The first-order valence-corrected chi connectivity index (χ1v) is 5.68. The second kappa shape index (κ2) is 4.22. The van der Waals surface area contributed by atoms with E-state index >= 15 is 0 Å². The van der Waals surface area contributed by atoms with Gasteiger partial charge in [-0.15, -0.1) is 0 Å². The Labute approximate surface area is 102 Å². The molecule has 1 aromatic heterocycles. The highest BCUT2D eigenvalue weighted by molar-refractivity contribution is 9.10. The minimum Gasteiger partial charge on any atom is -0.302 e. The van der Waals surface area contributed by atoms with E-state index in [1.165, 1.54) is 0 Å². The first-order chi connectivity index (χ1) is 7.63. The van der Waals surface area contributed by atoms with E-state index in [1.807, 2.05) is 24.5 Å². The number of hydrogen-bond donors (Lipinski definition) is 0. The summed E-state index contributed by atoms with van der Waals surface area (Å²) in [6.45, 7) is 3.99. The van der Waals surface area contributed by atoms with Gasteiger partial charge in [0.25, 0.3) is 0 Å². The standard InChI is InChI=1S/C12H11BrN2O/c1-8-9(2)15(7-14-8)12-4-3-10(6-16)5-11(12)13/h3-7H,1-2H3. The largest absolute Gasteiger partial charge is 0.302 e. The van der Waals surface area contributed by atoms with Gasteiger partial charge in [-0.1, -0.05) is 0 Å². The van der Waals surface area contributed by atoms with Gasteiger partial charge in [0.15, 0.2) is 0 Å². The van der Waals surface area contributed by atoms with Gasteiger partial charge in [-0.25, -0.2) is 4.98 Å². The molecule has 82 valence electrons. The molecule has 0 aliphatic heterocycles. The Morgan fingerprint density at radius 3 is 2.62 bits per heavy atom. The Morgan fingerprint density at radius 2 is 2.12 bits per heavy atom. The van der Waals surface area contributed by atoms with E-state index in [1.54, 1.807) is 18.5 Å². The van der Waals surface area contributed by atoms with Crippen LogP contribution in [0.3, 0.4) is 0 Å². The van der Waals surface area contributed by atoms with Gasteiger partial charge in [-0.05, 0) is 48.0 Å². The number of aromatic nitrogens is 2. The van der Waals surface area contributed by atoms with Crippen molar-refractivity contribution in [2.45, 2.75) is 13.8 Å². The Bertz CT molecular complexity index is 546. The Morgan fingerprint density at radius 1 is 1.38 bits per heavy atom. The number of rotatable bonds is 2. The topological polar surface area (TPSA) is 34.9 Å². The lowest BCUT2D eigenvalue weighted by atomic mass is 10.2. The van der Waals surface area contributed by atoms with E-state index in [2.05, 4.69) is 20.9 Å². The molecule has 0 saturated carbocycles. The summed E-state index contributed by atoms with van der Waals surface area (Å²) >= 11 is 3.46. The fourth-order valence-electron chi connectivity index (χ4n) is 1.53. The Kier molecular flexibility index (Phi) is 2.92. The first-order valence-electron chi connectivity index (χ1n) is 4.89. The number of hydrogen-bond acceptors (Lipinski definition) is 2. The third-order valence-corrected chi connectivity index (χ3v) is 3.25. The second-order valence-electron chi connectivity index (χ2n) is 3.61. The lowest BCUT2D eigenvalue weighted by molar-refractivity contribution is 0.112. The van der Waals surface area contributed by atoms with Crippen LogP contribution in [-0.2, 0) is 0 Å². The quantitative estimate of drug-likeness (QED) is 0.792. The monoisotopic (exact) mass is 278 g/mol. The zero-order valence-electron chi connectivity index (χ0n) is 9.07. The molecule has 2 aromatic rings. The van der Waals surface area contributed by atoms with Gasteiger partial charge in [-0.2, -0.15) is 0 Å². The molecule has 0 fully saturated rings. The highest BCUT2D eigenvalue weighted by atomic mass is 79.9. The molecule has 0 aliphatic rings. The number of aryl methyl sites for hydroxylation is 1. The summed E-state index contributed by atoms with van der Waals surface area (Å²) in [6.07, 6.45) is 2.62. The lowest BCUT2D eigenvalue weighted by Gasteiger charge is -2.08. The molecule has 0 bridgehead atoms. The molecular formula is C12H11BrN2O. The van der Waals surface area contributed by atoms with Gasteiger partial charge >= 0.3 is 0 Å². The van der Waals surface area contributed by atoms with Crippen LogP contribution in [-0.4, -0.2) is 15.8 Å². The van der Waals surface area contributed by atoms with Crippen molar-refractivity contribution >= 4 is 22.2 Å². The molecule has 0 unspecified atom stereocenters. The van der Waals surface area contributed by atoms with Gasteiger partial charge < -0.3 is 4.57 Å². The maximum Gasteiger partial charge on any atom is 0.150 e. The summed E-state index contributed by atoms with van der Waals surface area (Å²) in [4.78, 5) is 14.9. The fraction of sp³-hybridized carbons (Fsp3) is 0.167. The van der Waals surface area contributed by atoms with Gasteiger partial charge in [-0.3, -0.25) is 4.79 Å². The minimum absolute atomic E-state index is 0.658. The molecule has 1 aromatic carbocycles. The predicted molar refractivity (Wildman–Crippen MR) is 66.1 cm³/mol. The molecule has 0 N–H and O–H groups in total. The second-order valence-corrected chi connectivity index (χ2v) is 4.47. The molecule has 0 amide bonds. The molecule has 4 heteroatoms. The van der Waals surface area contributed by atoms with Crippen LogP contribution in [0.2, 0.25) is 0 Å². The van der Waals surface area contributed by atoms with E-state index in [0.29, 0.717) is 5.56 Å². The fourth-order valence-corrected chi connectivity index (χ4v) is 2.12. The molecule has 0 saturated heterocycles. The SMILES string of the molecule is Cc1ncn(-c2ccc(C=O)cc2Br)c1C. The third kappa shape index (κ3) is 1.80. The predicted octanol–water partition coefficient (Wildman–Crippen LogP) is 3.06. The highest BCUT2D eigenvalue weighted by Gasteiger charge is 2.07. The van der Waals surface area contributed by atoms with Gasteiger partial charge in [0.1, 0.15) is 6.29 Å². The molecule has 16 heavy (non-hydrogen) atoms. The molecule has 0 atom stereocenters. The molecule has 2 rings (SSSR count). The van der Waals surface area contributed by atoms with Crippen LogP contribution in [0, 0.1) is 13.8 Å². The smallest absolute Gasteiger partial charge is 0.150 e. The zero-order chi connectivity index (χ0) is 11.7. The van der Waals surface area contributed by atoms with E-state index in [4.69, 9.17) is 0 Å². The summed E-state index contributed by atoms with van der Waals surface area (Å²) < 4.78 is 2.88. The van der Waals surface area contributed by atoms with Crippen molar-refractivity contribution in [2.24, 2.45) is 0 Å². The van der Waals surface area contributed by atoms with Crippen LogP contribution in [0.1, 0.15) is 21.7 Å². The number of benzene rings is 1. The normalized spacial score (nSPS) is 10.4. The minimum atomic E-state index is 0.658. The van der Waals surface area contributed by atoms with Crippen molar-refractivity contribution in [1.82, 2.24) is 9.55 Å². The summed E-state index contributed by atoms with van der Waals surface area (Å²) in [5.41, 5.74) is 3.75. The van der Waals surface area contributed by atoms with Crippen molar-refractivity contribution < 1.29 is 4.79 Å². The number of carbonyl (C=O) groups excluding carboxylic acids is 1. The van der Waals surface area contributed by atoms with Crippen LogP contribution < -0.4 is 0 Å². The number of carbonyl (C=O) groups is 1. The molecular weight excluding hydrogens is 268 g/mol. The number of halogens is 1. The van der Waals surface area contributed by atoms with Crippen LogP contribution in [0.4, 0.5) is 0 Å². The average Bonchev–Trinajstić information content (AvgIpc) is 2.60. The Balaban J connectivity index is 2.56. The van der Waals surface area contributed by atoms with E-state index in [-0.39, 0.29) is 0 Å². The number of imidazole rings is 1. The van der Waals surface area contributed by atoms with Crippen molar-refractivity contribution in [3.05, 3.63) is 46.0 Å². The van der Waals surface area contributed by atoms with Crippen LogP contribution in [0.25, 0.3) is 5.69 Å². The maximum atomic E-state index is 10.6. The van der Waals surface area contributed by atoms with Gasteiger partial charge in [0.05, 0.1) is 17.7 Å². The van der Waals surface area contributed by atoms with E-state index < -0.39 is 0 Å². The number of aldehydes is 1. The van der Waals surface area contributed by atoms with Crippen molar-refractivity contribution in [1.29, 1.82) is 0 Å². The first kappa shape index (κ1) is 11.1. The van der Waals surface area contributed by atoms with Crippen molar-refractivity contribution in [2.75, 3.05) is 0 Å². The molecule has 0 radical (unpaired) electrons. The summed E-state index contributed by atoms with van der Waals surface area (Å²) in [5, 5.41) is 0. The maximum absolute atomic E-state index is 10.6. The van der Waals surface area contributed by atoms with Crippen molar-refractivity contribution in [3.63, 3.8) is 0 Å². The molecule has 0 spiro atoms. The zero-order valence-corrected chi connectivity index (χ0v) is 10.7. The molecule has 3 nitrogen and oxygen atoms in total. The summed E-state index contributed by atoms with van der Waals surface area (Å²) in [5.74, 6) is 0. The number of nitrogens with zero attached hydrogens (tertiary/aromatic N) is 2. The van der Waals surface area contributed by atoms with Crippen molar-refractivity contribution in [3.8, 4) is 5.69 Å². The Hall–Kier alpha value is -1.42. The molecule has 0 aliphatic carbocycles. The van der Waals surface area contributed by atoms with Gasteiger partial charge in [0, 0.05) is 15.7 Å². The third-order valence-electron chi connectivity index (χ3n) is 2.62. The van der Waals surface area contributed by atoms with E-state index in [9.17, 15) is 4.79 Å². The van der Waals surface area contributed by atoms with Crippen LogP contribution >= 0.6 is 15.9 Å². The highest BCUT2D eigenvalue weighted by Crippen LogP contribution is 2.23. The lowest BCUT2D eigenvalue weighted by Crippen LogP contribution is -1.97. The summed E-state index contributed by atoms with van der Waals surface area (Å²) in [7, 11) is 0.